The third-order valence-electron chi connectivity index (χ3n) is 6.09. The number of nitrogens with zero attached hydrogens (tertiary/aromatic N) is 2. The van der Waals surface area contributed by atoms with Crippen LogP contribution in [0.1, 0.15) is 38.2 Å². The van der Waals surface area contributed by atoms with Crippen molar-refractivity contribution in [2.45, 2.75) is 38.0 Å². The number of halogens is 2. The number of nitrogens with one attached hydrogen (secondary N) is 1. The molecule has 144 valence electrons. The molecule has 2 heterocycles. The van der Waals surface area contributed by atoms with E-state index in [0.29, 0.717) is 5.41 Å². The molecular weight excluding hydrogens is 505 g/mol. The summed E-state index contributed by atoms with van der Waals surface area (Å²) in [6.45, 7) is 7.97. The van der Waals surface area contributed by atoms with Crippen LogP contribution in [0.4, 0.5) is 0 Å². The lowest BCUT2D eigenvalue weighted by Gasteiger charge is -2.25. The third-order valence-corrected chi connectivity index (χ3v) is 6.78. The highest BCUT2D eigenvalue weighted by atomic mass is 127. The van der Waals surface area contributed by atoms with Crippen molar-refractivity contribution in [3.8, 4) is 0 Å². The van der Waals surface area contributed by atoms with Gasteiger partial charge < -0.3 is 15.0 Å². The van der Waals surface area contributed by atoms with E-state index in [2.05, 4.69) is 57.3 Å². The van der Waals surface area contributed by atoms with Gasteiger partial charge in [0.15, 0.2) is 5.96 Å². The molecule has 0 radical (unpaired) electrons. The molecule has 1 aliphatic carbocycles. The number of likely N-dealkylation sites (tertiary alicyclic amines) is 1. The van der Waals surface area contributed by atoms with E-state index >= 15 is 0 Å². The molecule has 0 aromatic heterocycles. The van der Waals surface area contributed by atoms with Crippen LogP contribution in [0.2, 0.25) is 0 Å². The van der Waals surface area contributed by atoms with Crippen LogP contribution >= 0.6 is 39.9 Å². The van der Waals surface area contributed by atoms with Crippen molar-refractivity contribution in [3.05, 3.63) is 34.3 Å². The second-order valence-corrected chi connectivity index (χ2v) is 8.76. The summed E-state index contributed by atoms with van der Waals surface area (Å²) < 4.78 is 6.89. The normalized spacial score (nSPS) is 26.8. The van der Waals surface area contributed by atoms with E-state index in [4.69, 9.17) is 9.73 Å². The number of guanidine groups is 1. The zero-order valence-corrected chi connectivity index (χ0v) is 19.4. The van der Waals surface area contributed by atoms with Gasteiger partial charge in [-0.2, -0.15) is 0 Å². The fraction of sp³-hybridized carbons (Fsp3) is 0.650. The number of hydrogen-bond donors (Lipinski definition) is 1. The van der Waals surface area contributed by atoms with Crippen LogP contribution in [0.3, 0.4) is 0 Å². The second-order valence-electron chi connectivity index (χ2n) is 7.90. The van der Waals surface area contributed by atoms with Crippen molar-refractivity contribution < 1.29 is 4.74 Å². The van der Waals surface area contributed by atoms with Gasteiger partial charge in [0.05, 0.1) is 13.2 Å². The molecule has 4 nitrogen and oxygen atoms in total. The van der Waals surface area contributed by atoms with Gasteiger partial charge >= 0.3 is 0 Å². The highest BCUT2D eigenvalue weighted by Gasteiger charge is 2.46. The monoisotopic (exact) mass is 533 g/mol. The van der Waals surface area contributed by atoms with E-state index in [1.54, 1.807) is 0 Å². The quantitative estimate of drug-likeness (QED) is 0.358. The Morgan fingerprint density at radius 1 is 1.27 bits per heavy atom. The van der Waals surface area contributed by atoms with Crippen LogP contribution in [0.5, 0.6) is 0 Å². The molecule has 4 rings (SSSR count). The molecule has 1 spiro atoms. The summed E-state index contributed by atoms with van der Waals surface area (Å²) in [5.74, 6) is 1.09. The van der Waals surface area contributed by atoms with Crippen molar-refractivity contribution in [1.29, 1.82) is 0 Å². The summed E-state index contributed by atoms with van der Waals surface area (Å²) in [6, 6.07) is 8.62. The molecule has 1 unspecified atom stereocenters. The minimum absolute atomic E-state index is 0. The number of benzene rings is 1. The Morgan fingerprint density at radius 2 is 2.08 bits per heavy atom. The molecule has 1 aromatic rings. The number of ether oxygens (including phenoxy) is 1. The van der Waals surface area contributed by atoms with E-state index < -0.39 is 0 Å². The van der Waals surface area contributed by atoms with Crippen LogP contribution < -0.4 is 5.32 Å². The van der Waals surface area contributed by atoms with Crippen molar-refractivity contribution in [1.82, 2.24) is 10.2 Å². The molecular formula is C20H29BrIN3O. The fourth-order valence-electron chi connectivity index (χ4n) is 4.29. The van der Waals surface area contributed by atoms with Crippen LogP contribution in [0, 0.1) is 5.41 Å². The maximum atomic E-state index is 5.67. The lowest BCUT2D eigenvalue weighted by atomic mass is 9.87. The molecule has 1 N–H and O–H groups in total. The average Bonchev–Trinajstić information content (AvgIpc) is 3.08. The first kappa shape index (κ1) is 20.4. The highest BCUT2D eigenvalue weighted by Crippen LogP contribution is 2.50. The van der Waals surface area contributed by atoms with Crippen molar-refractivity contribution in [3.63, 3.8) is 0 Å². The Hall–Kier alpha value is -0.340. The molecule has 1 saturated carbocycles. The standard InChI is InChI=1S/C20H28BrN3O.HI/c1-2-22-18(24-11-9-19(14-24)10-12-25-15-19)23-13-20(7-8-20)16-5-3-4-6-17(16)21;/h3-6H,2,7-15H2,1H3,(H,22,23);1H. The molecule has 26 heavy (non-hydrogen) atoms. The van der Waals surface area contributed by atoms with E-state index in [0.717, 1.165) is 45.4 Å². The minimum atomic E-state index is 0. The summed E-state index contributed by atoms with van der Waals surface area (Å²) in [6.07, 6.45) is 4.89. The van der Waals surface area contributed by atoms with Crippen LogP contribution in [0.25, 0.3) is 0 Å². The predicted molar refractivity (Wildman–Crippen MR) is 121 cm³/mol. The molecule has 6 heteroatoms. The van der Waals surface area contributed by atoms with Gasteiger partial charge in [0.2, 0.25) is 0 Å². The molecule has 3 aliphatic rings. The molecule has 3 fully saturated rings. The number of hydrogen-bond acceptors (Lipinski definition) is 2. The molecule has 2 saturated heterocycles. The van der Waals surface area contributed by atoms with Crippen molar-refractivity contribution >= 4 is 45.9 Å². The second kappa shape index (κ2) is 8.35. The average molecular weight is 534 g/mol. The Kier molecular flexibility index (Phi) is 6.55. The molecule has 2 aliphatic heterocycles. The third kappa shape index (κ3) is 4.07. The SMILES string of the molecule is CCNC(=NCC1(c2ccccc2Br)CC1)N1CCC2(CCOC2)C1.I. The molecule has 1 atom stereocenters. The zero-order valence-electron chi connectivity index (χ0n) is 15.5. The smallest absolute Gasteiger partial charge is 0.193 e. The van der Waals surface area contributed by atoms with Crippen molar-refractivity contribution in [2.75, 3.05) is 39.4 Å². The minimum Gasteiger partial charge on any atom is -0.381 e. The van der Waals surface area contributed by atoms with Gasteiger partial charge in [-0.1, -0.05) is 34.1 Å². The summed E-state index contributed by atoms with van der Waals surface area (Å²) in [4.78, 5) is 7.52. The molecule has 0 bridgehead atoms. The van der Waals surface area contributed by atoms with Crippen LogP contribution in [0.15, 0.2) is 33.7 Å². The van der Waals surface area contributed by atoms with Crippen LogP contribution in [-0.2, 0) is 10.2 Å². The first-order valence-corrected chi connectivity index (χ1v) is 10.3. The Morgan fingerprint density at radius 3 is 2.73 bits per heavy atom. The first-order valence-electron chi connectivity index (χ1n) is 9.53. The van der Waals surface area contributed by atoms with Gasteiger partial charge in [-0.3, -0.25) is 4.99 Å². The largest absolute Gasteiger partial charge is 0.381 e. The predicted octanol–water partition coefficient (Wildman–Crippen LogP) is 4.18. The lowest BCUT2D eigenvalue weighted by molar-refractivity contribution is 0.156. The highest BCUT2D eigenvalue weighted by molar-refractivity contribution is 14.0. The molecule has 1 aromatic carbocycles. The van der Waals surface area contributed by atoms with Gasteiger partial charge in [-0.25, -0.2) is 0 Å². The van der Waals surface area contributed by atoms with E-state index in [1.807, 2.05) is 0 Å². The van der Waals surface area contributed by atoms with Crippen molar-refractivity contribution in [2.24, 2.45) is 10.4 Å². The maximum Gasteiger partial charge on any atom is 0.193 e. The topological polar surface area (TPSA) is 36.9 Å². The first-order chi connectivity index (χ1) is 12.2. The number of rotatable bonds is 4. The Balaban J connectivity index is 0.00000196. The molecule has 0 amide bonds. The Labute approximate surface area is 182 Å². The van der Waals surface area contributed by atoms with Gasteiger partial charge in [0, 0.05) is 41.5 Å². The lowest BCUT2D eigenvalue weighted by Crippen LogP contribution is -2.42. The van der Waals surface area contributed by atoms with Gasteiger partial charge in [-0.05, 0) is 44.2 Å². The number of aliphatic imine (C=N–C) groups is 1. The van der Waals surface area contributed by atoms with Crippen LogP contribution in [-0.4, -0.2) is 50.3 Å². The van der Waals surface area contributed by atoms with Gasteiger partial charge in [0.1, 0.15) is 0 Å². The van der Waals surface area contributed by atoms with E-state index in [1.165, 1.54) is 35.7 Å². The van der Waals surface area contributed by atoms with Gasteiger partial charge in [-0.15, -0.1) is 24.0 Å². The fourth-order valence-corrected chi connectivity index (χ4v) is 5.00. The Bertz CT molecular complexity index is 656. The zero-order chi connectivity index (χ0) is 17.3. The summed E-state index contributed by atoms with van der Waals surface area (Å²) in [5, 5.41) is 3.52. The maximum absolute atomic E-state index is 5.67. The summed E-state index contributed by atoms with van der Waals surface area (Å²) in [5.41, 5.74) is 2.02. The summed E-state index contributed by atoms with van der Waals surface area (Å²) in [7, 11) is 0. The van der Waals surface area contributed by atoms with E-state index in [9.17, 15) is 0 Å². The van der Waals surface area contributed by atoms with E-state index in [-0.39, 0.29) is 29.4 Å². The summed E-state index contributed by atoms with van der Waals surface area (Å²) >= 11 is 3.73. The van der Waals surface area contributed by atoms with Gasteiger partial charge in [0.25, 0.3) is 0 Å².